The highest BCUT2D eigenvalue weighted by atomic mass is 32.5. The maximum absolute atomic E-state index is 16.0. The lowest BCUT2D eigenvalue weighted by Crippen LogP contribution is -2.35. The van der Waals surface area contributed by atoms with Gasteiger partial charge >= 0.3 is 13.4 Å². The monoisotopic (exact) mass is 691 g/mol. The summed E-state index contributed by atoms with van der Waals surface area (Å²) in [5, 5.41) is 11.7. The van der Waals surface area contributed by atoms with E-state index in [-0.39, 0.29) is 22.8 Å². The van der Waals surface area contributed by atoms with E-state index < -0.39 is 75.8 Å². The molecule has 3 aliphatic heterocycles. The fourth-order valence-electron chi connectivity index (χ4n) is 5.33. The van der Waals surface area contributed by atoms with E-state index in [0.717, 1.165) is 0 Å². The lowest BCUT2D eigenvalue weighted by atomic mass is 10.1. The molecule has 0 aliphatic carbocycles. The SMILES string of the molecule is Nc1ncnc2c1ccn2[C@@H]1O[C@@H]2COP(O)(=S)O[C@H]3[C@@H](F)[C@H](n4cnc5c(N)ncnc54)O[C@@H]3COP(O)(=S)O[C@@H]1[C@@H]2O. The van der Waals surface area contributed by atoms with Crippen LogP contribution in [0.3, 0.4) is 0 Å². The van der Waals surface area contributed by atoms with E-state index in [0.29, 0.717) is 11.0 Å². The van der Waals surface area contributed by atoms with Crippen molar-refractivity contribution in [3.05, 3.63) is 31.2 Å². The van der Waals surface area contributed by atoms with Gasteiger partial charge in [0.2, 0.25) is 0 Å². The molecule has 44 heavy (non-hydrogen) atoms. The van der Waals surface area contributed by atoms with E-state index >= 15 is 4.39 Å². The van der Waals surface area contributed by atoms with Crippen LogP contribution in [0.5, 0.6) is 0 Å². The van der Waals surface area contributed by atoms with Gasteiger partial charge < -0.3 is 49.4 Å². The van der Waals surface area contributed by atoms with Crippen molar-refractivity contribution in [1.29, 1.82) is 0 Å². The number of halogens is 1. The Labute approximate surface area is 256 Å². The van der Waals surface area contributed by atoms with Crippen molar-refractivity contribution in [2.75, 3.05) is 24.7 Å². The van der Waals surface area contributed by atoms with E-state index in [1.807, 2.05) is 0 Å². The van der Waals surface area contributed by atoms with Gasteiger partial charge in [-0.25, -0.2) is 29.3 Å². The zero-order chi connectivity index (χ0) is 31.0. The summed E-state index contributed by atoms with van der Waals surface area (Å²) in [6.07, 6.45) is -6.04. The molecule has 4 aromatic rings. The third-order valence-electron chi connectivity index (χ3n) is 7.37. The van der Waals surface area contributed by atoms with Crippen molar-refractivity contribution in [2.24, 2.45) is 0 Å². The van der Waals surface area contributed by atoms with Crippen LogP contribution in [-0.2, 0) is 51.2 Å². The van der Waals surface area contributed by atoms with Gasteiger partial charge in [0, 0.05) is 6.20 Å². The smallest absolute Gasteiger partial charge is 0.325 e. The molecule has 0 saturated carbocycles. The Balaban J connectivity index is 1.20. The van der Waals surface area contributed by atoms with Crippen LogP contribution in [0, 0.1) is 0 Å². The van der Waals surface area contributed by atoms with Gasteiger partial charge in [-0.15, -0.1) is 0 Å². The van der Waals surface area contributed by atoms with Gasteiger partial charge in [0.05, 0.1) is 24.9 Å². The maximum Gasteiger partial charge on any atom is 0.325 e. The first kappa shape index (κ1) is 30.3. The molecule has 4 aromatic heterocycles. The van der Waals surface area contributed by atoms with Crippen LogP contribution in [0.4, 0.5) is 16.0 Å². The number of hydrogen-bond donors (Lipinski definition) is 5. The van der Waals surface area contributed by atoms with Crippen LogP contribution in [0.1, 0.15) is 12.5 Å². The zero-order valence-electron chi connectivity index (χ0n) is 22.1. The van der Waals surface area contributed by atoms with Crippen LogP contribution < -0.4 is 11.5 Å². The van der Waals surface area contributed by atoms with Crippen LogP contribution in [0.15, 0.2) is 31.2 Å². The van der Waals surface area contributed by atoms with E-state index in [1.165, 1.54) is 28.1 Å². The topological polar surface area (TPSA) is 242 Å². The molecule has 23 heteroatoms. The number of nitrogens with zero attached hydrogens (tertiary/aromatic N) is 7. The van der Waals surface area contributed by atoms with Crippen LogP contribution >= 0.6 is 13.4 Å². The summed E-state index contributed by atoms with van der Waals surface area (Å²) in [6.45, 7) is -9.46. The number of anilines is 2. The fourth-order valence-corrected chi connectivity index (χ4v) is 8.18. The van der Waals surface area contributed by atoms with Crippen molar-refractivity contribution in [2.45, 2.75) is 49.1 Å². The van der Waals surface area contributed by atoms with E-state index in [1.54, 1.807) is 12.3 Å². The number of imidazole rings is 1. The standard InChI is InChI=1S/C21H24FN9O9P2S2/c22-11-14-10(38-20(11)31-7-29-12-17(24)26-6-28-19(12)31)4-36-42(34,44)40-15-13(32)9(3-35-41(33,43)39-14)37-21(15)30-2-1-8-16(23)25-5-27-18(8)30/h1-2,5-7,9-11,13-15,20-21,32H,3-4H2,(H,33,43)(H,34,44)(H2,23,25,27)(H2,24,26,28)/t9-,10-,11-,13-,14-,15-,20-,21-,41?,42?/m1/s1. The van der Waals surface area contributed by atoms with E-state index in [9.17, 15) is 14.9 Å². The van der Waals surface area contributed by atoms with Gasteiger partial charge in [-0.3, -0.25) is 13.6 Å². The third kappa shape index (κ3) is 5.30. The Hall–Kier alpha value is -2.36. The molecule has 10 atom stereocenters. The molecular formula is C21H24FN9O9P2S2. The largest absolute Gasteiger partial charge is 0.387 e. The number of ether oxygens (including phenoxy) is 2. The van der Waals surface area contributed by atoms with Gasteiger partial charge in [0.1, 0.15) is 60.2 Å². The number of hydrogen-bond acceptors (Lipinski definition) is 16. The molecule has 18 nitrogen and oxygen atoms in total. The van der Waals surface area contributed by atoms with Crippen molar-refractivity contribution < 1.29 is 46.9 Å². The molecule has 236 valence electrons. The van der Waals surface area contributed by atoms with Crippen molar-refractivity contribution >= 4 is 70.9 Å². The Bertz CT molecular complexity index is 1840. The minimum Gasteiger partial charge on any atom is -0.387 e. The molecule has 2 bridgehead atoms. The first-order valence-electron chi connectivity index (χ1n) is 12.9. The highest BCUT2D eigenvalue weighted by molar-refractivity contribution is 8.07. The number of nitrogens with two attached hydrogens (primary N) is 2. The van der Waals surface area contributed by atoms with Gasteiger partial charge in [-0.2, -0.15) is 0 Å². The molecule has 0 spiro atoms. The van der Waals surface area contributed by atoms with Gasteiger partial charge in [0.15, 0.2) is 30.1 Å². The molecule has 3 fully saturated rings. The molecule has 3 aliphatic rings. The summed E-state index contributed by atoms with van der Waals surface area (Å²) in [6, 6.07) is 1.64. The molecule has 7 N–H and O–H groups in total. The summed E-state index contributed by atoms with van der Waals surface area (Å²) < 4.78 is 53.2. The lowest BCUT2D eigenvalue weighted by Gasteiger charge is -2.28. The summed E-state index contributed by atoms with van der Waals surface area (Å²) in [5.41, 5.74) is 12.6. The van der Waals surface area contributed by atoms with E-state index in [2.05, 4.69) is 24.9 Å². The molecule has 0 radical (unpaired) electrons. The molecule has 7 rings (SSSR count). The number of aliphatic hydroxyl groups excluding tert-OH is 1. The molecular weight excluding hydrogens is 667 g/mol. The number of aliphatic hydroxyl groups is 1. The molecule has 0 amide bonds. The molecule has 0 aromatic carbocycles. The number of nitrogen functional groups attached to an aromatic ring is 2. The highest BCUT2D eigenvalue weighted by Gasteiger charge is 2.53. The normalized spacial score (nSPS) is 38.3. The van der Waals surface area contributed by atoms with E-state index in [4.69, 9.17) is 62.6 Å². The molecule has 3 saturated heterocycles. The predicted octanol–water partition coefficient (Wildman–Crippen LogP) is 0.180. The minimum absolute atomic E-state index is 0.0721. The Morgan fingerprint density at radius 1 is 0.841 bits per heavy atom. The first-order valence-corrected chi connectivity index (χ1v) is 18.1. The second kappa shape index (κ2) is 11.2. The summed E-state index contributed by atoms with van der Waals surface area (Å²) >= 11 is 10.5. The van der Waals surface area contributed by atoms with Crippen molar-refractivity contribution in [3.63, 3.8) is 0 Å². The van der Waals surface area contributed by atoms with Gasteiger partial charge in [-0.05, 0) is 29.7 Å². The first-order chi connectivity index (χ1) is 20.9. The van der Waals surface area contributed by atoms with Crippen molar-refractivity contribution in [1.82, 2.24) is 34.1 Å². The Kier molecular flexibility index (Phi) is 7.69. The summed E-state index contributed by atoms with van der Waals surface area (Å²) in [5.74, 6) is 0.276. The third-order valence-corrected chi connectivity index (χ3v) is 10.5. The number of fused-ring (bicyclic) bond motifs is 5. The summed E-state index contributed by atoms with van der Waals surface area (Å²) in [4.78, 5) is 42.3. The van der Waals surface area contributed by atoms with Crippen LogP contribution in [0.25, 0.3) is 22.2 Å². The second-order valence-corrected chi connectivity index (χ2v) is 15.6. The predicted molar refractivity (Wildman–Crippen MR) is 155 cm³/mol. The second-order valence-electron chi connectivity index (χ2n) is 10.0. The molecule has 2 unspecified atom stereocenters. The summed E-state index contributed by atoms with van der Waals surface area (Å²) in [7, 11) is 0. The van der Waals surface area contributed by atoms with Crippen LogP contribution in [-0.4, -0.2) is 98.9 Å². The van der Waals surface area contributed by atoms with Gasteiger partial charge in [0.25, 0.3) is 0 Å². The number of aromatic nitrogens is 7. The zero-order valence-corrected chi connectivity index (χ0v) is 25.5. The quantitative estimate of drug-likeness (QED) is 0.176. The highest BCUT2D eigenvalue weighted by Crippen LogP contribution is 2.54. The number of rotatable bonds is 2. The van der Waals surface area contributed by atoms with Crippen LogP contribution in [0.2, 0.25) is 0 Å². The lowest BCUT2D eigenvalue weighted by molar-refractivity contribution is -0.0601. The molecule has 7 heterocycles. The average molecular weight is 692 g/mol. The number of alkyl halides is 1. The fraction of sp³-hybridized carbons (Fsp3) is 0.476. The van der Waals surface area contributed by atoms with Gasteiger partial charge in [-0.1, -0.05) is 0 Å². The Morgan fingerprint density at radius 2 is 1.48 bits per heavy atom. The average Bonchev–Trinajstić information content (AvgIpc) is 3.73. The van der Waals surface area contributed by atoms with Crippen molar-refractivity contribution in [3.8, 4) is 0 Å². The maximum atomic E-state index is 16.0. The minimum atomic E-state index is -4.20. The Morgan fingerprint density at radius 3 is 2.23 bits per heavy atom.